The molecule has 0 saturated carbocycles. The molecule has 0 aromatic heterocycles. The summed E-state index contributed by atoms with van der Waals surface area (Å²) < 4.78 is 0. The normalized spacial score (nSPS) is 15.1. The first-order chi connectivity index (χ1) is 9.08. The predicted molar refractivity (Wildman–Crippen MR) is 77.7 cm³/mol. The lowest BCUT2D eigenvalue weighted by molar-refractivity contribution is 0.100. The standard InChI is InChI=1S/C13H17ClN4O/c14-10-8-9(12(19)17-13(15)16)4-5-11(10)18-6-2-1-3-7-18/h4-5,8H,1-3,6-7H2,(H4,15,16,17,19). The fraction of sp³-hybridized carbons (Fsp3) is 0.385. The lowest BCUT2D eigenvalue weighted by atomic mass is 10.1. The highest BCUT2D eigenvalue weighted by Crippen LogP contribution is 2.29. The van der Waals surface area contributed by atoms with Crippen LogP contribution < -0.4 is 16.4 Å². The number of rotatable bonds is 2. The van der Waals surface area contributed by atoms with Crippen LogP contribution >= 0.6 is 11.6 Å². The van der Waals surface area contributed by atoms with Gasteiger partial charge in [-0.25, -0.2) is 0 Å². The topological polar surface area (TPSA) is 84.7 Å². The molecule has 102 valence electrons. The van der Waals surface area contributed by atoms with Gasteiger partial charge in [-0.05, 0) is 37.5 Å². The molecule has 0 radical (unpaired) electrons. The highest BCUT2D eigenvalue weighted by molar-refractivity contribution is 6.33. The van der Waals surface area contributed by atoms with E-state index in [4.69, 9.17) is 23.1 Å². The van der Waals surface area contributed by atoms with Crippen molar-refractivity contribution in [1.82, 2.24) is 0 Å². The molecule has 0 bridgehead atoms. The summed E-state index contributed by atoms with van der Waals surface area (Å²) in [6.45, 7) is 2.00. The van der Waals surface area contributed by atoms with Gasteiger partial charge in [-0.2, -0.15) is 4.99 Å². The van der Waals surface area contributed by atoms with Crippen LogP contribution in [0.5, 0.6) is 0 Å². The second-order valence-electron chi connectivity index (χ2n) is 4.56. The fourth-order valence-electron chi connectivity index (χ4n) is 2.21. The molecule has 1 fully saturated rings. The number of anilines is 1. The Morgan fingerprint density at radius 1 is 1.21 bits per heavy atom. The fourth-order valence-corrected chi connectivity index (χ4v) is 2.51. The highest BCUT2D eigenvalue weighted by Gasteiger charge is 2.15. The van der Waals surface area contributed by atoms with Crippen LogP contribution in [0, 0.1) is 0 Å². The number of hydrogen-bond donors (Lipinski definition) is 2. The third-order valence-electron chi connectivity index (χ3n) is 3.12. The summed E-state index contributed by atoms with van der Waals surface area (Å²) >= 11 is 6.24. The molecule has 6 heteroatoms. The summed E-state index contributed by atoms with van der Waals surface area (Å²) in [6, 6.07) is 5.16. The molecule has 1 aliphatic heterocycles. The van der Waals surface area contributed by atoms with Crippen LogP contribution in [0.2, 0.25) is 5.02 Å². The van der Waals surface area contributed by atoms with Gasteiger partial charge in [0.05, 0.1) is 10.7 Å². The first-order valence-corrected chi connectivity index (χ1v) is 6.64. The van der Waals surface area contributed by atoms with Crippen LogP contribution in [0.1, 0.15) is 29.6 Å². The Morgan fingerprint density at radius 2 is 1.89 bits per heavy atom. The predicted octanol–water partition coefficient (Wildman–Crippen LogP) is 1.74. The lowest BCUT2D eigenvalue weighted by Crippen LogP contribution is -2.29. The third kappa shape index (κ3) is 3.38. The maximum atomic E-state index is 11.7. The Balaban J connectivity index is 2.21. The molecule has 1 aliphatic rings. The second kappa shape index (κ2) is 5.93. The van der Waals surface area contributed by atoms with Gasteiger partial charge in [-0.1, -0.05) is 11.6 Å². The first kappa shape index (κ1) is 13.7. The van der Waals surface area contributed by atoms with E-state index in [1.165, 1.54) is 19.3 Å². The average Bonchev–Trinajstić information content (AvgIpc) is 2.38. The monoisotopic (exact) mass is 280 g/mol. The number of carbonyl (C=O) groups excluding carboxylic acids is 1. The summed E-state index contributed by atoms with van der Waals surface area (Å²) in [7, 11) is 0. The molecule has 1 aromatic carbocycles. The molecule has 4 N–H and O–H groups in total. The summed E-state index contributed by atoms with van der Waals surface area (Å²) in [5.41, 5.74) is 11.7. The van der Waals surface area contributed by atoms with Crippen LogP contribution in [0.15, 0.2) is 23.2 Å². The van der Waals surface area contributed by atoms with Crippen molar-refractivity contribution in [2.75, 3.05) is 18.0 Å². The minimum atomic E-state index is -0.480. The van der Waals surface area contributed by atoms with Gasteiger partial charge in [-0.15, -0.1) is 0 Å². The van der Waals surface area contributed by atoms with Crippen molar-refractivity contribution in [3.8, 4) is 0 Å². The van der Waals surface area contributed by atoms with Gasteiger partial charge in [-0.3, -0.25) is 4.79 Å². The summed E-state index contributed by atoms with van der Waals surface area (Å²) in [5, 5.41) is 0.554. The number of benzene rings is 1. The van der Waals surface area contributed by atoms with Gasteiger partial charge in [0.15, 0.2) is 5.96 Å². The largest absolute Gasteiger partial charge is 0.370 e. The molecule has 0 aliphatic carbocycles. The summed E-state index contributed by atoms with van der Waals surface area (Å²) in [5.74, 6) is -0.728. The Labute approximate surface area is 117 Å². The quantitative estimate of drug-likeness (QED) is 0.638. The van der Waals surface area contributed by atoms with Crippen LogP contribution in [0.3, 0.4) is 0 Å². The van der Waals surface area contributed by atoms with Crippen molar-refractivity contribution in [1.29, 1.82) is 0 Å². The van der Waals surface area contributed by atoms with E-state index < -0.39 is 5.91 Å². The third-order valence-corrected chi connectivity index (χ3v) is 3.42. The zero-order chi connectivity index (χ0) is 13.8. The number of guanidine groups is 1. The molecule has 2 rings (SSSR count). The van der Waals surface area contributed by atoms with E-state index in [0.717, 1.165) is 18.8 Å². The maximum absolute atomic E-state index is 11.7. The molecule has 5 nitrogen and oxygen atoms in total. The summed E-state index contributed by atoms with van der Waals surface area (Å²) in [6.07, 6.45) is 3.60. The van der Waals surface area contributed by atoms with E-state index in [0.29, 0.717) is 10.6 Å². The van der Waals surface area contributed by atoms with Crippen molar-refractivity contribution in [2.24, 2.45) is 16.5 Å². The number of piperidine rings is 1. The van der Waals surface area contributed by atoms with Gasteiger partial charge in [0.1, 0.15) is 0 Å². The zero-order valence-corrected chi connectivity index (χ0v) is 11.4. The second-order valence-corrected chi connectivity index (χ2v) is 4.96. The minimum Gasteiger partial charge on any atom is -0.370 e. The molecular formula is C13H17ClN4O. The summed E-state index contributed by atoms with van der Waals surface area (Å²) in [4.78, 5) is 17.4. The van der Waals surface area contributed by atoms with Gasteiger partial charge in [0, 0.05) is 18.7 Å². The molecule has 1 heterocycles. The number of halogens is 1. The van der Waals surface area contributed by atoms with E-state index in [1.54, 1.807) is 12.1 Å². The molecule has 0 spiro atoms. The van der Waals surface area contributed by atoms with Crippen molar-refractivity contribution < 1.29 is 4.79 Å². The van der Waals surface area contributed by atoms with Crippen LogP contribution in [-0.4, -0.2) is 25.0 Å². The molecule has 19 heavy (non-hydrogen) atoms. The van der Waals surface area contributed by atoms with Crippen molar-refractivity contribution in [3.05, 3.63) is 28.8 Å². The maximum Gasteiger partial charge on any atom is 0.280 e. The van der Waals surface area contributed by atoms with Crippen LogP contribution in [0.4, 0.5) is 5.69 Å². The van der Waals surface area contributed by atoms with Crippen molar-refractivity contribution in [2.45, 2.75) is 19.3 Å². The number of carbonyl (C=O) groups is 1. The van der Waals surface area contributed by atoms with E-state index in [9.17, 15) is 4.79 Å². The van der Waals surface area contributed by atoms with Crippen LogP contribution in [0.25, 0.3) is 0 Å². The van der Waals surface area contributed by atoms with Gasteiger partial charge in [0.2, 0.25) is 0 Å². The van der Waals surface area contributed by atoms with Crippen molar-refractivity contribution >= 4 is 29.2 Å². The Morgan fingerprint density at radius 3 is 2.47 bits per heavy atom. The van der Waals surface area contributed by atoms with E-state index in [2.05, 4.69) is 9.89 Å². The zero-order valence-electron chi connectivity index (χ0n) is 10.6. The number of aliphatic imine (C=N–C) groups is 1. The Bertz CT molecular complexity index is 505. The van der Waals surface area contributed by atoms with E-state index >= 15 is 0 Å². The molecule has 1 saturated heterocycles. The van der Waals surface area contributed by atoms with Crippen molar-refractivity contribution in [3.63, 3.8) is 0 Å². The number of nitrogens with two attached hydrogens (primary N) is 2. The number of nitrogens with zero attached hydrogens (tertiary/aromatic N) is 2. The smallest absolute Gasteiger partial charge is 0.280 e. The molecule has 0 atom stereocenters. The van der Waals surface area contributed by atoms with E-state index in [-0.39, 0.29) is 5.96 Å². The van der Waals surface area contributed by atoms with Gasteiger partial charge in [0.25, 0.3) is 5.91 Å². The lowest BCUT2D eigenvalue weighted by Gasteiger charge is -2.29. The molecule has 0 unspecified atom stereocenters. The molecular weight excluding hydrogens is 264 g/mol. The Hall–Kier alpha value is -1.75. The number of hydrogen-bond acceptors (Lipinski definition) is 2. The molecule has 1 amide bonds. The van der Waals surface area contributed by atoms with E-state index in [1.807, 2.05) is 6.07 Å². The van der Waals surface area contributed by atoms with Crippen LogP contribution in [-0.2, 0) is 0 Å². The Kier molecular flexibility index (Phi) is 4.27. The SMILES string of the molecule is NC(N)=NC(=O)c1ccc(N2CCCCC2)c(Cl)c1. The van der Waals surface area contributed by atoms with Gasteiger partial charge < -0.3 is 16.4 Å². The highest BCUT2D eigenvalue weighted by atomic mass is 35.5. The molecule has 1 aromatic rings. The first-order valence-electron chi connectivity index (χ1n) is 6.26. The van der Waals surface area contributed by atoms with Gasteiger partial charge >= 0.3 is 0 Å². The number of amides is 1. The minimum absolute atomic E-state index is 0.249. The average molecular weight is 281 g/mol.